The molecular weight excluding hydrogens is 298 g/mol. The van der Waals surface area contributed by atoms with Gasteiger partial charge in [0.25, 0.3) is 5.91 Å². The van der Waals surface area contributed by atoms with Crippen LogP contribution in [-0.4, -0.2) is 47.9 Å². The van der Waals surface area contributed by atoms with E-state index >= 15 is 0 Å². The molecule has 2 heterocycles. The quantitative estimate of drug-likeness (QED) is 0.849. The summed E-state index contributed by atoms with van der Waals surface area (Å²) >= 11 is 0. The highest BCUT2D eigenvalue weighted by molar-refractivity contribution is 5.94. The Labute approximate surface area is 144 Å². The molecule has 1 atom stereocenters. The molecule has 4 heteroatoms. The van der Waals surface area contributed by atoms with Gasteiger partial charge in [0, 0.05) is 37.6 Å². The summed E-state index contributed by atoms with van der Waals surface area (Å²) in [5.41, 5.74) is 3.33. The third-order valence-corrected chi connectivity index (χ3v) is 4.55. The normalized spacial score (nSPS) is 17.5. The van der Waals surface area contributed by atoms with Gasteiger partial charge >= 0.3 is 0 Å². The molecule has 0 N–H and O–H groups in total. The number of carbonyl (C=O) groups is 1. The Kier molecular flexibility index (Phi) is 5.26. The Bertz CT molecular complexity index is 667. The molecule has 0 spiro atoms. The summed E-state index contributed by atoms with van der Waals surface area (Å²) in [6.45, 7) is 2.60. The van der Waals surface area contributed by atoms with Crippen LogP contribution >= 0.6 is 0 Å². The number of amides is 1. The molecule has 2 aromatic rings. The topological polar surface area (TPSA) is 36.4 Å². The van der Waals surface area contributed by atoms with E-state index in [4.69, 9.17) is 0 Å². The van der Waals surface area contributed by atoms with Crippen LogP contribution in [0.3, 0.4) is 0 Å². The van der Waals surface area contributed by atoms with Gasteiger partial charge in [-0.05, 0) is 68.2 Å². The van der Waals surface area contributed by atoms with Crippen LogP contribution in [0.4, 0.5) is 0 Å². The van der Waals surface area contributed by atoms with Crippen molar-refractivity contribution in [2.45, 2.75) is 19.4 Å². The van der Waals surface area contributed by atoms with Crippen molar-refractivity contribution in [3.8, 4) is 0 Å². The largest absolute Gasteiger partial charge is 0.338 e. The minimum atomic E-state index is 0.156. The molecule has 1 fully saturated rings. The van der Waals surface area contributed by atoms with Gasteiger partial charge in [0.05, 0.1) is 0 Å². The minimum absolute atomic E-state index is 0.156. The van der Waals surface area contributed by atoms with Gasteiger partial charge in [-0.3, -0.25) is 9.78 Å². The zero-order valence-corrected chi connectivity index (χ0v) is 14.5. The first-order valence-corrected chi connectivity index (χ1v) is 8.53. The van der Waals surface area contributed by atoms with Gasteiger partial charge in [-0.1, -0.05) is 12.1 Å². The van der Waals surface area contributed by atoms with Crippen LogP contribution in [0.25, 0.3) is 0 Å². The van der Waals surface area contributed by atoms with Crippen LogP contribution < -0.4 is 0 Å². The first-order chi connectivity index (χ1) is 11.6. The molecule has 1 aliphatic heterocycles. The maximum Gasteiger partial charge on any atom is 0.253 e. The van der Waals surface area contributed by atoms with Crippen LogP contribution in [0.5, 0.6) is 0 Å². The smallest absolute Gasteiger partial charge is 0.253 e. The summed E-state index contributed by atoms with van der Waals surface area (Å²) in [5.74, 6) is 0.702. The lowest BCUT2D eigenvalue weighted by molar-refractivity contribution is 0.0787. The number of likely N-dealkylation sites (tertiary alicyclic amines) is 1. The second kappa shape index (κ2) is 7.58. The van der Waals surface area contributed by atoms with Crippen molar-refractivity contribution in [2.24, 2.45) is 5.92 Å². The summed E-state index contributed by atoms with van der Waals surface area (Å²) in [5, 5.41) is 0. The lowest BCUT2D eigenvalue weighted by Gasteiger charge is -2.17. The van der Waals surface area contributed by atoms with E-state index in [-0.39, 0.29) is 5.91 Å². The molecule has 1 saturated heterocycles. The first-order valence-electron chi connectivity index (χ1n) is 8.53. The maximum atomic E-state index is 12.7. The van der Waals surface area contributed by atoms with Gasteiger partial charge in [-0.15, -0.1) is 0 Å². The van der Waals surface area contributed by atoms with E-state index in [1.165, 1.54) is 11.1 Å². The molecule has 1 unspecified atom stereocenters. The van der Waals surface area contributed by atoms with E-state index in [9.17, 15) is 4.79 Å². The average Bonchev–Trinajstić information content (AvgIpc) is 3.04. The second-order valence-corrected chi connectivity index (χ2v) is 6.90. The van der Waals surface area contributed by atoms with Crippen LogP contribution in [0.2, 0.25) is 0 Å². The first kappa shape index (κ1) is 16.7. The molecule has 3 rings (SSSR count). The van der Waals surface area contributed by atoms with Gasteiger partial charge in [0.15, 0.2) is 0 Å². The fourth-order valence-corrected chi connectivity index (χ4v) is 3.34. The van der Waals surface area contributed by atoms with Crippen molar-refractivity contribution in [1.29, 1.82) is 0 Å². The van der Waals surface area contributed by atoms with E-state index in [1.807, 2.05) is 43.5 Å². The summed E-state index contributed by atoms with van der Waals surface area (Å²) in [6, 6.07) is 12.1. The van der Waals surface area contributed by atoms with Gasteiger partial charge in [-0.25, -0.2) is 0 Å². The summed E-state index contributed by atoms with van der Waals surface area (Å²) < 4.78 is 0. The van der Waals surface area contributed by atoms with E-state index in [0.717, 1.165) is 38.0 Å². The zero-order chi connectivity index (χ0) is 16.9. The molecule has 0 radical (unpaired) electrons. The maximum absolute atomic E-state index is 12.7. The van der Waals surface area contributed by atoms with Crippen molar-refractivity contribution in [1.82, 2.24) is 14.8 Å². The highest BCUT2D eigenvalue weighted by Crippen LogP contribution is 2.22. The van der Waals surface area contributed by atoms with Gasteiger partial charge in [0.1, 0.15) is 0 Å². The van der Waals surface area contributed by atoms with Crippen LogP contribution in [0, 0.1) is 5.92 Å². The van der Waals surface area contributed by atoms with Gasteiger partial charge < -0.3 is 9.80 Å². The predicted octanol–water partition coefficient (Wildman–Crippen LogP) is 2.85. The monoisotopic (exact) mass is 323 g/mol. The fourth-order valence-electron chi connectivity index (χ4n) is 3.34. The summed E-state index contributed by atoms with van der Waals surface area (Å²) in [7, 11) is 4.10. The van der Waals surface area contributed by atoms with E-state index in [0.29, 0.717) is 5.92 Å². The van der Waals surface area contributed by atoms with Gasteiger partial charge in [-0.2, -0.15) is 0 Å². The number of aromatic nitrogens is 1. The van der Waals surface area contributed by atoms with Crippen molar-refractivity contribution in [3.05, 3.63) is 65.5 Å². The SMILES string of the molecule is CN(C)Cc1ccc(C(=O)N2CCC(Cc3ccncc3)C2)cc1. The molecular formula is C20H25N3O. The lowest BCUT2D eigenvalue weighted by atomic mass is 10.00. The molecule has 24 heavy (non-hydrogen) atoms. The van der Waals surface area contributed by atoms with Crippen molar-refractivity contribution in [2.75, 3.05) is 27.2 Å². The lowest BCUT2D eigenvalue weighted by Crippen LogP contribution is -2.29. The van der Waals surface area contributed by atoms with E-state index < -0.39 is 0 Å². The number of carbonyl (C=O) groups excluding carboxylic acids is 1. The Morgan fingerprint density at radius 3 is 2.50 bits per heavy atom. The molecule has 1 aliphatic rings. The minimum Gasteiger partial charge on any atom is -0.338 e. The fraction of sp³-hybridized carbons (Fsp3) is 0.400. The predicted molar refractivity (Wildman–Crippen MR) is 95.8 cm³/mol. The van der Waals surface area contributed by atoms with Gasteiger partial charge in [0.2, 0.25) is 0 Å². The van der Waals surface area contributed by atoms with E-state index in [2.05, 4.69) is 34.1 Å². The molecule has 126 valence electrons. The molecule has 0 aliphatic carbocycles. The third kappa shape index (κ3) is 4.20. The van der Waals surface area contributed by atoms with E-state index in [1.54, 1.807) is 0 Å². The summed E-state index contributed by atoms with van der Waals surface area (Å²) in [6.07, 6.45) is 5.77. The van der Waals surface area contributed by atoms with Crippen molar-refractivity contribution < 1.29 is 4.79 Å². The number of benzene rings is 1. The number of rotatable bonds is 5. The summed E-state index contributed by atoms with van der Waals surface area (Å²) in [4.78, 5) is 20.9. The average molecular weight is 323 g/mol. The molecule has 0 saturated carbocycles. The Morgan fingerprint density at radius 2 is 1.83 bits per heavy atom. The number of hydrogen-bond donors (Lipinski definition) is 0. The van der Waals surface area contributed by atoms with Crippen LogP contribution in [-0.2, 0) is 13.0 Å². The third-order valence-electron chi connectivity index (χ3n) is 4.55. The molecule has 1 aromatic carbocycles. The molecule has 4 nitrogen and oxygen atoms in total. The molecule has 1 amide bonds. The second-order valence-electron chi connectivity index (χ2n) is 6.90. The molecule has 1 aromatic heterocycles. The van der Waals surface area contributed by atoms with Crippen molar-refractivity contribution >= 4 is 5.91 Å². The highest BCUT2D eigenvalue weighted by Gasteiger charge is 2.26. The Balaban J connectivity index is 1.58. The van der Waals surface area contributed by atoms with Crippen LogP contribution in [0.15, 0.2) is 48.8 Å². The van der Waals surface area contributed by atoms with Crippen molar-refractivity contribution in [3.63, 3.8) is 0 Å². The Hall–Kier alpha value is -2.20. The number of pyridine rings is 1. The number of hydrogen-bond acceptors (Lipinski definition) is 3. The number of nitrogens with zero attached hydrogens (tertiary/aromatic N) is 3. The van der Waals surface area contributed by atoms with Crippen LogP contribution in [0.1, 0.15) is 27.9 Å². The highest BCUT2D eigenvalue weighted by atomic mass is 16.2. The zero-order valence-electron chi connectivity index (χ0n) is 14.5. The standard InChI is InChI=1S/C20H25N3O/c1-22(2)14-17-3-5-19(6-4-17)20(24)23-12-9-18(15-23)13-16-7-10-21-11-8-16/h3-8,10-11,18H,9,12-15H2,1-2H3. The molecule has 0 bridgehead atoms. The Morgan fingerprint density at radius 1 is 1.12 bits per heavy atom.